The van der Waals surface area contributed by atoms with Crippen LogP contribution in [0.3, 0.4) is 0 Å². The van der Waals surface area contributed by atoms with Crippen molar-refractivity contribution in [2.45, 2.75) is 19.6 Å². The lowest BCUT2D eigenvalue weighted by Crippen LogP contribution is -2.21. The van der Waals surface area contributed by atoms with Crippen LogP contribution >= 0.6 is 15.9 Å². The first-order valence-electron chi connectivity index (χ1n) is 6.45. The van der Waals surface area contributed by atoms with Gasteiger partial charge in [-0.2, -0.15) is 5.10 Å². The van der Waals surface area contributed by atoms with Crippen LogP contribution < -0.4 is 0 Å². The van der Waals surface area contributed by atoms with E-state index < -0.39 is 6.10 Å². The minimum atomic E-state index is -0.783. The summed E-state index contributed by atoms with van der Waals surface area (Å²) in [4.78, 5) is 6.33. The Kier molecular flexibility index (Phi) is 4.91. The van der Waals surface area contributed by atoms with Crippen molar-refractivity contribution in [3.8, 4) is 0 Å². The third-order valence-electron chi connectivity index (χ3n) is 3.07. The summed E-state index contributed by atoms with van der Waals surface area (Å²) in [5.74, 6) is 0. The molecule has 0 bridgehead atoms. The highest BCUT2D eigenvalue weighted by Crippen LogP contribution is 2.27. The van der Waals surface area contributed by atoms with Gasteiger partial charge < -0.3 is 10.0 Å². The summed E-state index contributed by atoms with van der Waals surface area (Å²) in [6, 6.07) is 3.80. The minimum absolute atomic E-state index is 0.636. The van der Waals surface area contributed by atoms with E-state index in [1.165, 1.54) is 0 Å². The molecular weight excluding hydrogens is 320 g/mol. The number of halogens is 1. The lowest BCUT2D eigenvalue weighted by molar-refractivity contribution is 0.200. The quantitative estimate of drug-likeness (QED) is 0.905. The molecule has 0 aliphatic rings. The van der Waals surface area contributed by atoms with Gasteiger partial charge in [-0.15, -0.1) is 0 Å². The van der Waals surface area contributed by atoms with Crippen LogP contribution in [-0.4, -0.2) is 45.4 Å². The highest BCUT2D eigenvalue weighted by atomic mass is 79.9. The second-order valence-electron chi connectivity index (χ2n) is 5.06. The van der Waals surface area contributed by atoms with Gasteiger partial charge in [0.1, 0.15) is 6.10 Å². The Morgan fingerprint density at radius 3 is 2.85 bits per heavy atom. The SMILES string of the molecule is Cc1ccnc(C(O)c2c(Br)cnn2CCN(C)C)c1. The maximum atomic E-state index is 10.6. The predicted molar refractivity (Wildman–Crippen MR) is 81.5 cm³/mol. The first-order chi connectivity index (χ1) is 9.49. The monoisotopic (exact) mass is 338 g/mol. The Bertz CT molecular complexity index is 582. The molecule has 0 aliphatic heterocycles. The second-order valence-corrected chi connectivity index (χ2v) is 5.92. The molecule has 2 aromatic rings. The molecule has 6 heteroatoms. The van der Waals surface area contributed by atoms with E-state index in [4.69, 9.17) is 0 Å². The van der Waals surface area contributed by atoms with Crippen molar-refractivity contribution in [3.05, 3.63) is 46.0 Å². The zero-order valence-electron chi connectivity index (χ0n) is 11.9. The molecule has 2 aromatic heterocycles. The van der Waals surface area contributed by atoms with Crippen LogP contribution in [0.4, 0.5) is 0 Å². The smallest absolute Gasteiger partial charge is 0.139 e. The van der Waals surface area contributed by atoms with E-state index in [0.717, 1.165) is 28.8 Å². The van der Waals surface area contributed by atoms with Crippen molar-refractivity contribution >= 4 is 15.9 Å². The van der Waals surface area contributed by atoms with Gasteiger partial charge in [-0.05, 0) is 54.6 Å². The number of likely N-dealkylation sites (N-methyl/N-ethyl adjacent to an activating group) is 1. The Morgan fingerprint density at radius 2 is 2.20 bits per heavy atom. The number of aromatic nitrogens is 3. The molecule has 0 aromatic carbocycles. The highest BCUT2D eigenvalue weighted by molar-refractivity contribution is 9.10. The van der Waals surface area contributed by atoms with Gasteiger partial charge in [0.25, 0.3) is 0 Å². The maximum Gasteiger partial charge on any atom is 0.139 e. The van der Waals surface area contributed by atoms with E-state index in [1.54, 1.807) is 12.4 Å². The van der Waals surface area contributed by atoms with E-state index in [-0.39, 0.29) is 0 Å². The average molecular weight is 339 g/mol. The average Bonchev–Trinajstić information content (AvgIpc) is 2.76. The molecule has 0 aliphatic carbocycles. The minimum Gasteiger partial charge on any atom is -0.380 e. The fourth-order valence-corrected chi connectivity index (χ4v) is 2.48. The van der Waals surface area contributed by atoms with Gasteiger partial charge in [0, 0.05) is 12.7 Å². The topological polar surface area (TPSA) is 54.2 Å². The molecule has 108 valence electrons. The van der Waals surface area contributed by atoms with Crippen molar-refractivity contribution < 1.29 is 5.11 Å². The molecule has 5 nitrogen and oxygen atoms in total. The summed E-state index contributed by atoms with van der Waals surface area (Å²) in [5, 5.41) is 14.9. The van der Waals surface area contributed by atoms with E-state index in [1.807, 2.05) is 37.8 Å². The van der Waals surface area contributed by atoms with Crippen molar-refractivity contribution in [1.82, 2.24) is 19.7 Å². The Morgan fingerprint density at radius 1 is 1.45 bits per heavy atom. The van der Waals surface area contributed by atoms with E-state index in [2.05, 4.69) is 30.9 Å². The summed E-state index contributed by atoms with van der Waals surface area (Å²) >= 11 is 3.46. The largest absolute Gasteiger partial charge is 0.380 e. The Balaban J connectivity index is 2.29. The van der Waals surface area contributed by atoms with Crippen LogP contribution in [0.1, 0.15) is 23.1 Å². The third kappa shape index (κ3) is 3.45. The van der Waals surface area contributed by atoms with Crippen LogP contribution in [0.15, 0.2) is 29.0 Å². The van der Waals surface area contributed by atoms with Crippen LogP contribution in [0, 0.1) is 6.92 Å². The fourth-order valence-electron chi connectivity index (χ4n) is 1.97. The molecule has 0 radical (unpaired) electrons. The van der Waals surface area contributed by atoms with Gasteiger partial charge in [0.15, 0.2) is 0 Å². The van der Waals surface area contributed by atoms with Crippen LogP contribution in [0.5, 0.6) is 0 Å². The van der Waals surface area contributed by atoms with Crippen molar-refractivity contribution in [2.24, 2.45) is 0 Å². The van der Waals surface area contributed by atoms with Gasteiger partial charge in [-0.1, -0.05) is 0 Å². The van der Waals surface area contributed by atoms with Crippen molar-refractivity contribution in [3.63, 3.8) is 0 Å². The first kappa shape index (κ1) is 15.2. The number of hydrogen-bond donors (Lipinski definition) is 1. The molecule has 0 saturated heterocycles. The molecule has 0 amide bonds. The number of pyridine rings is 1. The van der Waals surface area contributed by atoms with Crippen molar-refractivity contribution in [1.29, 1.82) is 0 Å². The zero-order valence-corrected chi connectivity index (χ0v) is 13.5. The fraction of sp³-hybridized carbons (Fsp3) is 0.429. The number of rotatable bonds is 5. The molecule has 0 spiro atoms. The summed E-state index contributed by atoms with van der Waals surface area (Å²) in [6.45, 7) is 3.56. The molecule has 20 heavy (non-hydrogen) atoms. The Hall–Kier alpha value is -1.24. The summed E-state index contributed by atoms with van der Waals surface area (Å²) < 4.78 is 2.62. The molecule has 2 heterocycles. The summed E-state index contributed by atoms with van der Waals surface area (Å²) in [6.07, 6.45) is 2.64. The number of aliphatic hydroxyl groups is 1. The van der Waals surface area contributed by atoms with Crippen LogP contribution in [0.2, 0.25) is 0 Å². The number of aryl methyl sites for hydroxylation is 1. The van der Waals surface area contributed by atoms with Crippen LogP contribution in [-0.2, 0) is 6.54 Å². The predicted octanol–water partition coefficient (Wildman–Crippen LogP) is 1.99. The molecule has 2 rings (SSSR count). The van der Waals surface area contributed by atoms with Crippen LogP contribution in [0.25, 0.3) is 0 Å². The molecular formula is C14H19BrN4O. The molecule has 0 saturated carbocycles. The van der Waals surface area contributed by atoms with E-state index >= 15 is 0 Å². The van der Waals surface area contributed by atoms with Crippen molar-refractivity contribution in [2.75, 3.05) is 20.6 Å². The highest BCUT2D eigenvalue weighted by Gasteiger charge is 2.20. The molecule has 0 fully saturated rings. The molecule has 1 atom stereocenters. The van der Waals surface area contributed by atoms with E-state index in [0.29, 0.717) is 5.69 Å². The summed E-state index contributed by atoms with van der Waals surface area (Å²) in [7, 11) is 4.02. The molecule has 1 unspecified atom stereocenters. The van der Waals surface area contributed by atoms with Gasteiger partial charge >= 0.3 is 0 Å². The van der Waals surface area contributed by atoms with Gasteiger partial charge in [0.05, 0.1) is 28.6 Å². The third-order valence-corrected chi connectivity index (χ3v) is 3.68. The van der Waals surface area contributed by atoms with Gasteiger partial charge in [-0.25, -0.2) is 0 Å². The van der Waals surface area contributed by atoms with E-state index in [9.17, 15) is 5.11 Å². The number of nitrogens with zero attached hydrogens (tertiary/aromatic N) is 4. The first-order valence-corrected chi connectivity index (χ1v) is 7.25. The standard InChI is InChI=1S/C14H19BrN4O/c1-10-4-5-16-12(8-10)14(20)13-11(15)9-17-19(13)7-6-18(2)3/h4-5,8-9,14,20H,6-7H2,1-3H3. The lowest BCUT2D eigenvalue weighted by atomic mass is 10.1. The Labute approximate surface area is 127 Å². The zero-order chi connectivity index (χ0) is 14.7. The lowest BCUT2D eigenvalue weighted by Gasteiger charge is -2.16. The van der Waals surface area contributed by atoms with Gasteiger partial charge in [0.2, 0.25) is 0 Å². The molecule has 1 N–H and O–H groups in total. The number of aliphatic hydroxyl groups excluding tert-OH is 1. The normalized spacial score (nSPS) is 12.9. The van der Waals surface area contributed by atoms with Gasteiger partial charge in [-0.3, -0.25) is 9.67 Å². The summed E-state index contributed by atoms with van der Waals surface area (Å²) in [5.41, 5.74) is 2.45. The number of hydrogen-bond acceptors (Lipinski definition) is 4. The second kappa shape index (κ2) is 6.47. The maximum absolute atomic E-state index is 10.6.